The second-order valence-corrected chi connectivity index (χ2v) is 7.11. The average molecular weight is 350 g/mol. The van der Waals surface area contributed by atoms with Crippen molar-refractivity contribution >= 4 is 28.1 Å². The molecule has 1 aliphatic rings. The molecule has 22 heavy (non-hydrogen) atoms. The number of sulfonamides is 1. The van der Waals surface area contributed by atoms with E-state index >= 15 is 0 Å². The monoisotopic (exact) mass is 349 g/mol. The van der Waals surface area contributed by atoms with Crippen molar-refractivity contribution in [2.75, 3.05) is 13.1 Å². The zero-order valence-electron chi connectivity index (χ0n) is 12.6. The molecule has 0 spiro atoms. The van der Waals surface area contributed by atoms with Crippen LogP contribution in [0.5, 0.6) is 0 Å². The number of aryl methyl sites for hydroxylation is 1. The van der Waals surface area contributed by atoms with E-state index in [1.807, 2.05) is 6.92 Å². The van der Waals surface area contributed by atoms with Crippen molar-refractivity contribution in [3.63, 3.8) is 0 Å². The predicted molar refractivity (Wildman–Crippen MR) is 85.9 cm³/mol. The maximum absolute atomic E-state index is 12.9. The number of nitrogens with zero attached hydrogens (tertiary/aromatic N) is 2. The highest BCUT2D eigenvalue weighted by Gasteiger charge is 2.38. The zero-order valence-corrected chi connectivity index (χ0v) is 14.3. The maximum atomic E-state index is 12.9. The van der Waals surface area contributed by atoms with Gasteiger partial charge in [-0.25, -0.2) is 8.42 Å². The highest BCUT2D eigenvalue weighted by Crippen LogP contribution is 2.31. The molecule has 2 unspecified atom stereocenters. The smallest absolute Gasteiger partial charge is 0.289 e. The first-order chi connectivity index (χ1) is 9.76. The Morgan fingerprint density at radius 3 is 2.59 bits per heavy atom. The van der Waals surface area contributed by atoms with E-state index in [1.165, 1.54) is 16.4 Å². The largest absolute Gasteiger partial charge is 0.311 e. The quantitative estimate of drug-likeness (QED) is 0.662. The summed E-state index contributed by atoms with van der Waals surface area (Å²) in [5.41, 5.74) is 0.0240. The molecular weight excluding hydrogens is 330 g/mol. The number of halogens is 1. The summed E-state index contributed by atoms with van der Waals surface area (Å²) >= 11 is 0. The number of rotatable bonds is 3. The van der Waals surface area contributed by atoms with E-state index in [4.69, 9.17) is 0 Å². The molecule has 1 heterocycles. The van der Waals surface area contributed by atoms with Crippen LogP contribution < -0.4 is 5.32 Å². The number of benzene rings is 1. The lowest BCUT2D eigenvalue weighted by Crippen LogP contribution is -2.57. The van der Waals surface area contributed by atoms with E-state index in [0.29, 0.717) is 18.7 Å². The highest BCUT2D eigenvalue weighted by molar-refractivity contribution is 7.89. The minimum atomic E-state index is -3.90. The van der Waals surface area contributed by atoms with E-state index in [2.05, 4.69) is 5.32 Å². The fourth-order valence-electron chi connectivity index (χ4n) is 2.60. The molecule has 0 aliphatic carbocycles. The highest BCUT2D eigenvalue weighted by atomic mass is 35.5. The molecule has 1 aromatic rings. The van der Waals surface area contributed by atoms with Gasteiger partial charge in [0.25, 0.3) is 15.7 Å². The van der Waals surface area contributed by atoms with Crippen molar-refractivity contribution in [2.24, 2.45) is 0 Å². The lowest BCUT2D eigenvalue weighted by Gasteiger charge is -2.37. The summed E-state index contributed by atoms with van der Waals surface area (Å²) in [6, 6.07) is 4.04. The van der Waals surface area contributed by atoms with Gasteiger partial charge in [-0.3, -0.25) is 10.1 Å². The van der Waals surface area contributed by atoms with Crippen LogP contribution in [0.3, 0.4) is 0 Å². The Hall–Kier alpha value is -1.22. The normalized spacial score (nSPS) is 22.9. The van der Waals surface area contributed by atoms with E-state index < -0.39 is 14.9 Å². The molecule has 0 aromatic heterocycles. The molecule has 1 aromatic carbocycles. The Labute approximate surface area is 136 Å². The summed E-state index contributed by atoms with van der Waals surface area (Å²) < 4.78 is 27.1. The molecule has 1 N–H and O–H groups in total. The molecule has 2 atom stereocenters. The van der Waals surface area contributed by atoms with E-state index in [9.17, 15) is 18.5 Å². The summed E-state index contributed by atoms with van der Waals surface area (Å²) in [6.07, 6.45) is 0. The van der Waals surface area contributed by atoms with Crippen molar-refractivity contribution in [3.8, 4) is 0 Å². The Bertz CT molecular complexity index is 665. The summed E-state index contributed by atoms with van der Waals surface area (Å²) in [7, 11) is -3.90. The van der Waals surface area contributed by atoms with Crippen LogP contribution in [-0.2, 0) is 10.0 Å². The van der Waals surface area contributed by atoms with Crippen molar-refractivity contribution in [1.29, 1.82) is 0 Å². The molecule has 0 saturated carbocycles. The van der Waals surface area contributed by atoms with E-state index in [0.717, 1.165) is 0 Å². The predicted octanol–water partition coefficient (Wildman–Crippen LogP) is 1.70. The first kappa shape index (κ1) is 18.8. The van der Waals surface area contributed by atoms with Gasteiger partial charge >= 0.3 is 0 Å². The summed E-state index contributed by atoms with van der Waals surface area (Å²) in [6.45, 7) is 6.12. The van der Waals surface area contributed by atoms with Crippen LogP contribution in [0.15, 0.2) is 23.1 Å². The molecule has 2 rings (SSSR count). The number of nitro groups is 1. The lowest BCUT2D eigenvalue weighted by atomic mass is 10.1. The Balaban J connectivity index is 0.00000242. The molecule has 0 radical (unpaired) electrons. The Kier molecular flexibility index (Phi) is 5.91. The number of nitro benzene ring substituents is 1. The second kappa shape index (κ2) is 6.91. The number of piperazine rings is 1. The van der Waals surface area contributed by atoms with Crippen LogP contribution in [0, 0.1) is 17.0 Å². The minimum absolute atomic E-state index is 0. The average Bonchev–Trinajstić information content (AvgIpc) is 2.41. The fourth-order valence-corrected chi connectivity index (χ4v) is 4.67. The summed E-state index contributed by atoms with van der Waals surface area (Å²) in [5.74, 6) is 0. The molecule has 0 bridgehead atoms. The van der Waals surface area contributed by atoms with Gasteiger partial charge in [0, 0.05) is 31.2 Å². The van der Waals surface area contributed by atoms with Crippen molar-refractivity contribution in [1.82, 2.24) is 9.62 Å². The first-order valence-electron chi connectivity index (χ1n) is 6.76. The molecule has 0 amide bonds. The van der Waals surface area contributed by atoms with Crippen LogP contribution in [0.25, 0.3) is 0 Å². The van der Waals surface area contributed by atoms with Gasteiger partial charge in [-0.2, -0.15) is 4.31 Å². The third kappa shape index (κ3) is 3.24. The minimum Gasteiger partial charge on any atom is -0.311 e. The number of nitrogens with one attached hydrogen (secondary N) is 1. The zero-order chi connectivity index (χ0) is 15.8. The van der Waals surface area contributed by atoms with Crippen LogP contribution in [0.1, 0.15) is 19.4 Å². The standard InChI is InChI=1S/C13H19N3O4S.ClH/c1-9-5-4-6-12(16(17)18)13(9)21(19,20)15-8-7-14-10(2)11(15)3;/h4-6,10-11,14H,7-8H2,1-3H3;1H. The molecule has 1 aliphatic heterocycles. The number of hydrogen-bond donors (Lipinski definition) is 1. The van der Waals surface area contributed by atoms with Crippen LogP contribution >= 0.6 is 12.4 Å². The van der Waals surface area contributed by atoms with Crippen molar-refractivity contribution in [3.05, 3.63) is 33.9 Å². The molecule has 7 nitrogen and oxygen atoms in total. The third-order valence-electron chi connectivity index (χ3n) is 3.93. The van der Waals surface area contributed by atoms with E-state index in [-0.39, 0.29) is 35.1 Å². The van der Waals surface area contributed by atoms with Gasteiger partial charge in [0.05, 0.1) is 4.92 Å². The molecular formula is C13H20ClN3O4S. The summed E-state index contributed by atoms with van der Waals surface area (Å²) in [5, 5.41) is 14.4. The van der Waals surface area contributed by atoms with Gasteiger partial charge in [-0.15, -0.1) is 12.4 Å². The van der Waals surface area contributed by atoms with Gasteiger partial charge < -0.3 is 5.32 Å². The van der Waals surface area contributed by atoms with Gasteiger partial charge in [0.15, 0.2) is 4.90 Å². The molecule has 1 saturated heterocycles. The SMILES string of the molecule is Cc1cccc([N+](=O)[O-])c1S(=O)(=O)N1CCNC(C)C1C.Cl. The molecule has 1 fully saturated rings. The maximum Gasteiger partial charge on any atom is 0.289 e. The van der Waals surface area contributed by atoms with Crippen molar-refractivity contribution in [2.45, 2.75) is 37.8 Å². The molecule has 9 heteroatoms. The number of hydrogen-bond acceptors (Lipinski definition) is 5. The lowest BCUT2D eigenvalue weighted by molar-refractivity contribution is -0.387. The Morgan fingerprint density at radius 1 is 1.36 bits per heavy atom. The van der Waals surface area contributed by atoms with Crippen LogP contribution in [-0.4, -0.2) is 42.8 Å². The topological polar surface area (TPSA) is 92.5 Å². The van der Waals surface area contributed by atoms with Gasteiger partial charge in [-0.05, 0) is 26.3 Å². The fraction of sp³-hybridized carbons (Fsp3) is 0.538. The van der Waals surface area contributed by atoms with Crippen LogP contribution in [0.2, 0.25) is 0 Å². The van der Waals surface area contributed by atoms with Gasteiger partial charge in [0.1, 0.15) is 0 Å². The third-order valence-corrected chi connectivity index (χ3v) is 6.11. The first-order valence-corrected chi connectivity index (χ1v) is 8.20. The molecule has 124 valence electrons. The van der Waals surface area contributed by atoms with Gasteiger partial charge in [0.2, 0.25) is 0 Å². The van der Waals surface area contributed by atoms with Crippen molar-refractivity contribution < 1.29 is 13.3 Å². The van der Waals surface area contributed by atoms with Crippen LogP contribution in [0.4, 0.5) is 5.69 Å². The summed E-state index contributed by atoms with van der Waals surface area (Å²) in [4.78, 5) is 10.3. The Morgan fingerprint density at radius 2 is 2.00 bits per heavy atom. The van der Waals surface area contributed by atoms with Gasteiger partial charge in [-0.1, -0.05) is 12.1 Å². The van der Waals surface area contributed by atoms with E-state index in [1.54, 1.807) is 19.9 Å². The second-order valence-electron chi connectivity index (χ2n) is 5.28.